The van der Waals surface area contributed by atoms with Crippen LogP contribution in [0.25, 0.3) is 55.4 Å². The summed E-state index contributed by atoms with van der Waals surface area (Å²) < 4.78 is 0.716. The molecule has 11 heteroatoms. The number of fused-ring (bicyclic) bond motifs is 2. The van der Waals surface area contributed by atoms with Gasteiger partial charge in [-0.1, -0.05) is 25.4 Å². The van der Waals surface area contributed by atoms with Crippen LogP contribution in [0.2, 0.25) is 4.34 Å². The van der Waals surface area contributed by atoms with Crippen molar-refractivity contribution in [2.24, 2.45) is 5.92 Å². The summed E-state index contributed by atoms with van der Waals surface area (Å²) in [6.07, 6.45) is 5.52. The number of aromatic nitrogens is 7. The van der Waals surface area contributed by atoms with Crippen LogP contribution in [0.3, 0.4) is 0 Å². The first-order chi connectivity index (χ1) is 17.9. The van der Waals surface area contributed by atoms with Crippen molar-refractivity contribution >= 4 is 56.7 Å². The zero-order valence-electron chi connectivity index (χ0n) is 19.9. The molecular formula is C26H21ClN8OS. The number of aromatic amines is 2. The van der Waals surface area contributed by atoms with Crippen LogP contribution >= 0.6 is 22.9 Å². The van der Waals surface area contributed by atoms with Crippen LogP contribution in [0, 0.1) is 5.92 Å². The predicted molar refractivity (Wildman–Crippen MR) is 146 cm³/mol. The highest BCUT2D eigenvalue weighted by molar-refractivity contribution is 7.19. The monoisotopic (exact) mass is 528 g/mol. The minimum Gasteiger partial charge on any atom is -0.335 e. The molecule has 0 atom stereocenters. The molecule has 0 fully saturated rings. The van der Waals surface area contributed by atoms with Crippen LogP contribution in [0.4, 0.5) is 5.69 Å². The van der Waals surface area contributed by atoms with Gasteiger partial charge in [0.1, 0.15) is 5.52 Å². The van der Waals surface area contributed by atoms with E-state index in [9.17, 15) is 4.79 Å². The van der Waals surface area contributed by atoms with E-state index in [4.69, 9.17) is 21.6 Å². The molecule has 6 rings (SSSR count). The number of nitrogens with one attached hydrogen (secondary N) is 3. The number of pyridine rings is 3. The number of imidazole rings is 1. The van der Waals surface area contributed by atoms with Gasteiger partial charge in [0.25, 0.3) is 0 Å². The molecule has 0 radical (unpaired) electrons. The Kier molecular flexibility index (Phi) is 5.90. The summed E-state index contributed by atoms with van der Waals surface area (Å²) in [7, 11) is 0. The first-order valence-electron chi connectivity index (χ1n) is 11.7. The molecule has 184 valence electrons. The van der Waals surface area contributed by atoms with Gasteiger partial charge in [-0.3, -0.25) is 14.9 Å². The van der Waals surface area contributed by atoms with Crippen LogP contribution in [0.1, 0.15) is 20.3 Å². The topological polar surface area (TPSA) is 125 Å². The summed E-state index contributed by atoms with van der Waals surface area (Å²) in [5.74, 6) is 0.783. The predicted octanol–water partition coefficient (Wildman–Crippen LogP) is 6.32. The maximum atomic E-state index is 12.2. The second-order valence-electron chi connectivity index (χ2n) is 9.02. The van der Waals surface area contributed by atoms with Crippen molar-refractivity contribution in [3.8, 4) is 33.2 Å². The van der Waals surface area contributed by atoms with E-state index in [1.807, 2.05) is 50.2 Å². The molecule has 0 saturated carbocycles. The number of thiophene rings is 1. The average molecular weight is 529 g/mol. The summed E-state index contributed by atoms with van der Waals surface area (Å²) in [6.45, 7) is 4.01. The Bertz CT molecular complexity index is 1770. The molecule has 0 bridgehead atoms. The third-order valence-corrected chi connectivity index (χ3v) is 7.04. The van der Waals surface area contributed by atoms with Crippen molar-refractivity contribution in [1.82, 2.24) is 35.1 Å². The van der Waals surface area contributed by atoms with Gasteiger partial charge in [-0.05, 0) is 42.3 Å². The van der Waals surface area contributed by atoms with E-state index in [1.165, 1.54) is 11.3 Å². The SMILES string of the molecule is CC(C)CC(=O)Nc1cncc(-c2ccc3[nH]nc(-c4nc5nccc(-c6ccc(Cl)s6)c5[nH]4)c3n2)c1. The number of hydrogen-bond acceptors (Lipinski definition) is 7. The molecule has 0 aromatic carbocycles. The van der Waals surface area contributed by atoms with Crippen molar-refractivity contribution in [3.63, 3.8) is 0 Å². The number of halogens is 1. The van der Waals surface area contributed by atoms with Crippen molar-refractivity contribution in [1.29, 1.82) is 0 Å². The van der Waals surface area contributed by atoms with E-state index in [1.54, 1.807) is 18.6 Å². The maximum absolute atomic E-state index is 12.2. The highest BCUT2D eigenvalue weighted by Gasteiger charge is 2.18. The largest absolute Gasteiger partial charge is 0.335 e. The van der Waals surface area contributed by atoms with Gasteiger partial charge in [-0.25, -0.2) is 15.0 Å². The molecule has 6 aromatic heterocycles. The Morgan fingerprint density at radius 1 is 1.14 bits per heavy atom. The molecule has 0 aliphatic carbocycles. The molecule has 0 saturated heterocycles. The maximum Gasteiger partial charge on any atom is 0.224 e. The Morgan fingerprint density at radius 3 is 2.84 bits per heavy atom. The highest BCUT2D eigenvalue weighted by Crippen LogP contribution is 2.35. The van der Waals surface area contributed by atoms with Crippen LogP contribution in [-0.4, -0.2) is 41.0 Å². The molecule has 1 amide bonds. The lowest BCUT2D eigenvalue weighted by molar-refractivity contribution is -0.116. The van der Waals surface area contributed by atoms with Gasteiger partial charge in [0.15, 0.2) is 17.2 Å². The lowest BCUT2D eigenvalue weighted by Crippen LogP contribution is -2.14. The summed E-state index contributed by atoms with van der Waals surface area (Å²) in [5, 5.41) is 10.4. The summed E-state index contributed by atoms with van der Waals surface area (Å²) >= 11 is 7.66. The third kappa shape index (κ3) is 4.56. The molecule has 0 unspecified atom stereocenters. The van der Waals surface area contributed by atoms with Gasteiger partial charge < -0.3 is 10.3 Å². The lowest BCUT2D eigenvalue weighted by atomic mass is 10.1. The fourth-order valence-electron chi connectivity index (χ4n) is 4.14. The van der Waals surface area contributed by atoms with Gasteiger partial charge in [-0.15, -0.1) is 11.3 Å². The molecule has 3 N–H and O–H groups in total. The van der Waals surface area contributed by atoms with E-state index in [0.717, 1.165) is 27.0 Å². The summed E-state index contributed by atoms with van der Waals surface area (Å²) in [5.41, 5.74) is 6.47. The van der Waals surface area contributed by atoms with Gasteiger partial charge in [0.05, 0.1) is 32.9 Å². The van der Waals surface area contributed by atoms with E-state index >= 15 is 0 Å². The molecule has 0 aliphatic heterocycles. The molecule has 0 aliphatic rings. The number of nitrogens with zero attached hydrogens (tertiary/aromatic N) is 5. The molecular weight excluding hydrogens is 508 g/mol. The number of amides is 1. The second-order valence-corrected chi connectivity index (χ2v) is 10.7. The highest BCUT2D eigenvalue weighted by atomic mass is 35.5. The Morgan fingerprint density at radius 2 is 2.03 bits per heavy atom. The van der Waals surface area contributed by atoms with Gasteiger partial charge in [0, 0.05) is 34.8 Å². The molecule has 6 aromatic rings. The number of H-pyrrole nitrogens is 2. The Balaban J connectivity index is 1.38. The molecule has 37 heavy (non-hydrogen) atoms. The van der Waals surface area contributed by atoms with Crippen LogP contribution in [0.15, 0.2) is 55.0 Å². The standard InChI is InChI=1S/C26H21ClN8OS/c1-13(2)9-21(36)30-15-10-14(11-28-12-15)17-3-4-18-23(31-17)24(35-34-18)26-32-22-16(7-8-29-25(22)33-26)19-5-6-20(27)37-19/h3-8,10-13H,9H2,1-2H3,(H,30,36)(H,34,35)(H,29,32,33). The van der Waals surface area contributed by atoms with E-state index < -0.39 is 0 Å². The quantitative estimate of drug-likeness (QED) is 0.232. The number of hydrogen-bond donors (Lipinski definition) is 3. The summed E-state index contributed by atoms with van der Waals surface area (Å²) in [4.78, 5) is 34.9. The first kappa shape index (κ1) is 23.3. The fraction of sp³-hybridized carbons (Fsp3) is 0.154. The van der Waals surface area contributed by atoms with E-state index in [2.05, 4.69) is 30.5 Å². The minimum absolute atomic E-state index is 0.0443. The molecule has 6 heterocycles. The Hall–Kier alpha value is -4.15. The second kappa shape index (κ2) is 9.38. The first-order valence-corrected chi connectivity index (χ1v) is 12.9. The summed E-state index contributed by atoms with van der Waals surface area (Å²) in [6, 6.07) is 11.5. The number of carbonyl (C=O) groups is 1. The average Bonchev–Trinajstić information content (AvgIpc) is 3.60. The van der Waals surface area contributed by atoms with Crippen LogP contribution in [-0.2, 0) is 4.79 Å². The fourth-order valence-corrected chi connectivity index (χ4v) is 5.22. The third-order valence-electron chi connectivity index (χ3n) is 5.77. The minimum atomic E-state index is -0.0443. The van der Waals surface area contributed by atoms with Crippen molar-refractivity contribution in [2.75, 3.05) is 5.32 Å². The van der Waals surface area contributed by atoms with Crippen molar-refractivity contribution in [2.45, 2.75) is 20.3 Å². The number of rotatable bonds is 6. The smallest absolute Gasteiger partial charge is 0.224 e. The number of anilines is 1. The van der Waals surface area contributed by atoms with E-state index in [-0.39, 0.29) is 11.8 Å². The molecule has 0 spiro atoms. The van der Waals surface area contributed by atoms with Gasteiger partial charge in [0.2, 0.25) is 5.91 Å². The van der Waals surface area contributed by atoms with Gasteiger partial charge in [-0.2, -0.15) is 5.10 Å². The molecule has 9 nitrogen and oxygen atoms in total. The van der Waals surface area contributed by atoms with E-state index in [0.29, 0.717) is 44.8 Å². The number of carbonyl (C=O) groups excluding carboxylic acids is 1. The van der Waals surface area contributed by atoms with Crippen LogP contribution in [0.5, 0.6) is 0 Å². The van der Waals surface area contributed by atoms with Crippen molar-refractivity contribution in [3.05, 3.63) is 59.3 Å². The van der Waals surface area contributed by atoms with Crippen LogP contribution < -0.4 is 5.32 Å². The van der Waals surface area contributed by atoms with Crippen molar-refractivity contribution < 1.29 is 4.79 Å². The zero-order valence-corrected chi connectivity index (χ0v) is 21.5. The normalized spacial score (nSPS) is 11.6. The Labute approximate surface area is 220 Å². The van der Waals surface area contributed by atoms with Gasteiger partial charge >= 0.3 is 0 Å². The lowest BCUT2D eigenvalue weighted by Gasteiger charge is -2.08. The zero-order chi connectivity index (χ0) is 25.5.